The Bertz CT molecular complexity index is 1250. The van der Waals surface area contributed by atoms with Gasteiger partial charge in [0.15, 0.2) is 0 Å². The maximum atomic E-state index is 10.7. The van der Waals surface area contributed by atoms with E-state index >= 15 is 0 Å². The van der Waals surface area contributed by atoms with Gasteiger partial charge in [0.05, 0.1) is 22.8 Å². The van der Waals surface area contributed by atoms with Gasteiger partial charge in [0.25, 0.3) is 5.89 Å². The number of hydrogen-bond donors (Lipinski definition) is 1. The van der Waals surface area contributed by atoms with Gasteiger partial charge in [-0.3, -0.25) is 9.48 Å². The van der Waals surface area contributed by atoms with Crippen LogP contribution >= 0.6 is 11.6 Å². The summed E-state index contributed by atoms with van der Waals surface area (Å²) in [6.07, 6.45) is 3.29. The van der Waals surface area contributed by atoms with Crippen LogP contribution in [-0.2, 0) is 11.3 Å². The summed E-state index contributed by atoms with van der Waals surface area (Å²) in [4.78, 5) is 15.3. The minimum absolute atomic E-state index is 0.0203. The highest BCUT2D eigenvalue weighted by Gasteiger charge is 2.16. The maximum absolute atomic E-state index is 10.7. The molecule has 0 atom stereocenters. The highest BCUT2D eigenvalue weighted by Crippen LogP contribution is 2.32. The first-order valence-electron chi connectivity index (χ1n) is 10.4. The third-order valence-corrected chi connectivity index (χ3v) is 5.20. The van der Waals surface area contributed by atoms with E-state index < -0.39 is 5.97 Å². The van der Waals surface area contributed by atoms with Gasteiger partial charge >= 0.3 is 5.97 Å². The number of halogens is 1. The van der Waals surface area contributed by atoms with Crippen LogP contribution in [0.2, 0.25) is 5.02 Å². The van der Waals surface area contributed by atoms with Gasteiger partial charge in [-0.2, -0.15) is 10.1 Å². The summed E-state index contributed by atoms with van der Waals surface area (Å²) in [5.41, 5.74) is 2.44. The van der Waals surface area contributed by atoms with E-state index in [-0.39, 0.29) is 12.5 Å². The zero-order valence-electron chi connectivity index (χ0n) is 17.8. The molecule has 0 spiro atoms. The molecule has 2 heterocycles. The number of rotatable bonds is 9. The van der Waals surface area contributed by atoms with Crippen LogP contribution in [0.25, 0.3) is 33.7 Å². The standard InChI is InChI=1S/C23H23ClN4O4/c1-14(2)31-20-10-9-15(12-18(20)24)23-26-22(27-32-23)16-6-5-7-19-17(16)13-25-28(19)11-4-3-8-21(29)30/h5-7,9-10,12-14H,3-4,8,11H2,1-2H3,(H,29,30). The van der Waals surface area contributed by atoms with Crippen LogP contribution in [0.3, 0.4) is 0 Å². The first-order chi connectivity index (χ1) is 15.4. The molecular weight excluding hydrogens is 432 g/mol. The van der Waals surface area contributed by atoms with Crippen LogP contribution in [0.1, 0.15) is 33.1 Å². The molecule has 0 bridgehead atoms. The second kappa shape index (κ2) is 9.40. The second-order valence-electron chi connectivity index (χ2n) is 7.69. The van der Waals surface area contributed by atoms with Crippen molar-refractivity contribution in [1.29, 1.82) is 0 Å². The van der Waals surface area contributed by atoms with Crippen molar-refractivity contribution in [3.63, 3.8) is 0 Å². The second-order valence-corrected chi connectivity index (χ2v) is 8.10. The number of carbonyl (C=O) groups is 1. The van der Waals surface area contributed by atoms with E-state index in [1.165, 1.54) is 0 Å². The molecule has 0 aliphatic heterocycles. The number of nitrogens with zero attached hydrogens (tertiary/aromatic N) is 4. The third kappa shape index (κ3) is 4.75. The minimum Gasteiger partial charge on any atom is -0.489 e. The van der Waals surface area contributed by atoms with Gasteiger partial charge in [-0.1, -0.05) is 28.9 Å². The Kier molecular flexibility index (Phi) is 6.41. The van der Waals surface area contributed by atoms with Gasteiger partial charge in [0.1, 0.15) is 5.75 Å². The van der Waals surface area contributed by atoms with Gasteiger partial charge < -0.3 is 14.4 Å². The summed E-state index contributed by atoms with van der Waals surface area (Å²) in [7, 11) is 0. The lowest BCUT2D eigenvalue weighted by Gasteiger charge is -2.11. The molecule has 4 rings (SSSR count). The fourth-order valence-corrected chi connectivity index (χ4v) is 3.67. The molecule has 0 saturated heterocycles. The Labute approximate surface area is 189 Å². The number of benzene rings is 2. The molecule has 32 heavy (non-hydrogen) atoms. The Hall–Kier alpha value is -3.39. The van der Waals surface area contributed by atoms with Gasteiger partial charge in [-0.05, 0) is 51.0 Å². The quantitative estimate of drug-likeness (QED) is 0.335. The average molecular weight is 455 g/mol. The van der Waals surface area contributed by atoms with Crippen molar-refractivity contribution < 1.29 is 19.2 Å². The number of aromatic nitrogens is 4. The van der Waals surface area contributed by atoms with E-state index in [1.54, 1.807) is 18.3 Å². The summed E-state index contributed by atoms with van der Waals surface area (Å²) < 4.78 is 13.0. The highest BCUT2D eigenvalue weighted by atomic mass is 35.5. The normalized spacial score (nSPS) is 11.4. The third-order valence-electron chi connectivity index (χ3n) is 4.91. The average Bonchev–Trinajstić information content (AvgIpc) is 3.40. The molecule has 0 fully saturated rings. The molecule has 4 aromatic rings. The Balaban J connectivity index is 1.57. The van der Waals surface area contributed by atoms with Crippen molar-refractivity contribution in [2.75, 3.05) is 0 Å². The Morgan fingerprint density at radius 3 is 2.84 bits per heavy atom. The van der Waals surface area contributed by atoms with Gasteiger partial charge in [0, 0.05) is 29.5 Å². The van der Waals surface area contributed by atoms with Crippen molar-refractivity contribution in [3.05, 3.63) is 47.6 Å². The van der Waals surface area contributed by atoms with E-state index in [1.807, 2.05) is 42.8 Å². The van der Waals surface area contributed by atoms with E-state index in [0.29, 0.717) is 41.0 Å². The largest absolute Gasteiger partial charge is 0.489 e. The lowest BCUT2D eigenvalue weighted by Crippen LogP contribution is -2.05. The molecule has 9 heteroatoms. The summed E-state index contributed by atoms with van der Waals surface area (Å²) in [5, 5.41) is 18.8. The number of ether oxygens (including phenoxy) is 1. The maximum Gasteiger partial charge on any atom is 0.303 e. The SMILES string of the molecule is CC(C)Oc1ccc(-c2nc(-c3cccc4c3cnn4CCCCC(=O)O)no2)cc1Cl. The fourth-order valence-electron chi connectivity index (χ4n) is 3.45. The predicted octanol–water partition coefficient (Wildman–Crippen LogP) is 5.45. The van der Waals surface area contributed by atoms with Crippen molar-refractivity contribution in [1.82, 2.24) is 19.9 Å². The molecule has 0 amide bonds. The number of fused-ring (bicyclic) bond motifs is 1. The molecule has 166 valence electrons. The molecular formula is C23H23ClN4O4. The summed E-state index contributed by atoms with van der Waals surface area (Å²) in [6.45, 7) is 4.52. The first-order valence-corrected chi connectivity index (χ1v) is 10.8. The van der Waals surface area contributed by atoms with Gasteiger partial charge in [-0.15, -0.1) is 0 Å². The fraction of sp³-hybridized carbons (Fsp3) is 0.304. The van der Waals surface area contributed by atoms with E-state index in [9.17, 15) is 4.79 Å². The smallest absolute Gasteiger partial charge is 0.303 e. The number of aliphatic carboxylic acids is 1. The summed E-state index contributed by atoms with van der Waals surface area (Å²) >= 11 is 6.34. The van der Waals surface area contributed by atoms with Crippen molar-refractivity contribution in [3.8, 4) is 28.6 Å². The molecule has 0 unspecified atom stereocenters. The summed E-state index contributed by atoms with van der Waals surface area (Å²) in [6, 6.07) is 11.2. The van der Waals surface area contributed by atoms with Crippen molar-refractivity contribution in [2.24, 2.45) is 0 Å². The van der Waals surface area contributed by atoms with Gasteiger partial charge in [0.2, 0.25) is 5.82 Å². The van der Waals surface area contributed by atoms with Crippen LogP contribution in [-0.4, -0.2) is 37.1 Å². The number of unbranched alkanes of at least 4 members (excludes halogenated alkanes) is 1. The first kappa shape index (κ1) is 21.8. The van der Waals surface area contributed by atoms with Crippen LogP contribution in [0.5, 0.6) is 5.75 Å². The zero-order chi connectivity index (χ0) is 22.7. The number of hydrogen-bond acceptors (Lipinski definition) is 6. The highest BCUT2D eigenvalue weighted by molar-refractivity contribution is 6.32. The van der Waals surface area contributed by atoms with Crippen molar-refractivity contribution >= 4 is 28.5 Å². The van der Waals surface area contributed by atoms with E-state index in [4.69, 9.17) is 26.0 Å². The molecule has 8 nitrogen and oxygen atoms in total. The van der Waals surface area contributed by atoms with Gasteiger partial charge in [-0.25, -0.2) is 0 Å². The van der Waals surface area contributed by atoms with Crippen LogP contribution in [0.15, 0.2) is 47.1 Å². The summed E-state index contributed by atoms with van der Waals surface area (Å²) in [5.74, 6) is 0.630. The molecule has 2 aromatic carbocycles. The molecule has 1 N–H and O–H groups in total. The van der Waals surface area contributed by atoms with Crippen LogP contribution in [0.4, 0.5) is 0 Å². The molecule has 0 saturated carbocycles. The monoisotopic (exact) mass is 454 g/mol. The lowest BCUT2D eigenvalue weighted by atomic mass is 10.1. The molecule has 0 radical (unpaired) electrons. The molecule has 2 aromatic heterocycles. The zero-order valence-corrected chi connectivity index (χ0v) is 18.5. The minimum atomic E-state index is -0.783. The number of carboxylic acids is 1. The topological polar surface area (TPSA) is 103 Å². The Morgan fingerprint density at radius 2 is 2.09 bits per heavy atom. The van der Waals surface area contributed by atoms with Crippen LogP contribution in [0, 0.1) is 0 Å². The molecule has 0 aliphatic rings. The van der Waals surface area contributed by atoms with Crippen molar-refractivity contribution in [2.45, 2.75) is 45.8 Å². The Morgan fingerprint density at radius 1 is 1.25 bits per heavy atom. The van der Waals surface area contributed by atoms with E-state index in [2.05, 4.69) is 15.2 Å². The van der Waals surface area contributed by atoms with E-state index in [0.717, 1.165) is 22.9 Å². The van der Waals surface area contributed by atoms with Crippen LogP contribution < -0.4 is 4.74 Å². The molecule has 0 aliphatic carbocycles. The number of carboxylic acid groups (broad SMARTS) is 1. The predicted molar refractivity (Wildman–Crippen MR) is 121 cm³/mol. The number of aryl methyl sites for hydroxylation is 1. The lowest BCUT2D eigenvalue weighted by molar-refractivity contribution is -0.137.